The molecule has 1 aliphatic rings. The van der Waals surface area contributed by atoms with Crippen LogP contribution in [0.25, 0.3) is 27.6 Å². The van der Waals surface area contributed by atoms with Gasteiger partial charge in [0, 0.05) is 24.2 Å². The van der Waals surface area contributed by atoms with Crippen molar-refractivity contribution in [3.05, 3.63) is 77.3 Å². The first-order chi connectivity index (χ1) is 19.7. The standard InChI is InChI=1S/C27H28N10O3S/c1-16-22(3-6-33-35-16)27(38)29-12-21-11-19-9-18(17-4-7-37(8-5-17)41(2,39)40)10-20(23(19)34-21)13-36-15-32-24-25(28)30-14-31-26(24)36/h3-4,6,9-11,14-15,34H,5,7-8,12-13H2,1-2H3,(H,29,38)(H2,28,30,31). The van der Waals surface area contributed by atoms with E-state index in [1.165, 1.54) is 23.1 Å². The van der Waals surface area contributed by atoms with Gasteiger partial charge in [0.25, 0.3) is 5.91 Å². The van der Waals surface area contributed by atoms with E-state index in [1.54, 1.807) is 19.3 Å². The Hall–Kier alpha value is -4.69. The van der Waals surface area contributed by atoms with Crippen LogP contribution in [0.15, 0.2) is 49.2 Å². The number of aryl methyl sites for hydroxylation is 1. The van der Waals surface area contributed by atoms with E-state index in [4.69, 9.17) is 5.73 Å². The average Bonchev–Trinajstić information content (AvgIpc) is 3.56. The van der Waals surface area contributed by atoms with Crippen LogP contribution in [0.3, 0.4) is 0 Å². The molecule has 0 saturated heterocycles. The minimum absolute atomic E-state index is 0.234. The lowest BCUT2D eigenvalue weighted by molar-refractivity contribution is 0.0949. The van der Waals surface area contributed by atoms with Crippen molar-refractivity contribution in [2.24, 2.45) is 0 Å². The number of nitrogens with zero attached hydrogens (tertiary/aromatic N) is 7. The third kappa shape index (κ3) is 5.26. The van der Waals surface area contributed by atoms with Gasteiger partial charge in [0.05, 0.1) is 48.6 Å². The number of nitrogens with one attached hydrogen (secondary N) is 2. The number of imidazole rings is 1. The van der Waals surface area contributed by atoms with E-state index < -0.39 is 10.0 Å². The number of fused-ring (bicyclic) bond motifs is 2. The number of hydrogen-bond acceptors (Lipinski definition) is 9. The lowest BCUT2D eigenvalue weighted by atomic mass is 9.96. The largest absolute Gasteiger partial charge is 0.382 e. The van der Waals surface area contributed by atoms with E-state index in [-0.39, 0.29) is 12.5 Å². The summed E-state index contributed by atoms with van der Waals surface area (Å²) in [5.41, 5.74) is 13.0. The minimum atomic E-state index is -3.26. The fraction of sp³-hybridized carbons (Fsp3) is 0.259. The fourth-order valence-corrected chi connectivity index (χ4v) is 5.88. The molecule has 0 atom stereocenters. The van der Waals surface area contributed by atoms with Crippen molar-refractivity contribution in [1.29, 1.82) is 0 Å². The molecule has 6 rings (SSSR count). The number of aromatic amines is 1. The van der Waals surface area contributed by atoms with Crippen molar-refractivity contribution in [2.75, 3.05) is 25.1 Å². The Morgan fingerprint density at radius 1 is 1.20 bits per heavy atom. The molecule has 210 valence electrons. The van der Waals surface area contributed by atoms with Crippen molar-refractivity contribution < 1.29 is 13.2 Å². The number of aromatic nitrogens is 7. The minimum Gasteiger partial charge on any atom is -0.382 e. The van der Waals surface area contributed by atoms with Gasteiger partial charge in [-0.15, -0.1) is 0 Å². The van der Waals surface area contributed by atoms with Gasteiger partial charge in [0.15, 0.2) is 11.5 Å². The Morgan fingerprint density at radius 2 is 2.05 bits per heavy atom. The molecule has 0 aliphatic carbocycles. The topological polar surface area (TPSA) is 178 Å². The molecule has 0 spiro atoms. The number of carbonyl (C=O) groups is 1. The molecule has 5 aromatic rings. The molecule has 5 heterocycles. The number of benzene rings is 1. The predicted octanol–water partition coefficient (Wildman–Crippen LogP) is 2.02. The molecule has 1 aromatic carbocycles. The molecule has 0 unspecified atom stereocenters. The van der Waals surface area contributed by atoms with E-state index in [2.05, 4.69) is 47.6 Å². The number of amides is 1. The van der Waals surface area contributed by atoms with Gasteiger partial charge in [-0.05, 0) is 54.3 Å². The van der Waals surface area contributed by atoms with Gasteiger partial charge in [-0.25, -0.2) is 23.4 Å². The summed E-state index contributed by atoms with van der Waals surface area (Å²) in [7, 11) is -3.26. The van der Waals surface area contributed by atoms with Gasteiger partial charge in [-0.1, -0.05) is 6.08 Å². The zero-order valence-electron chi connectivity index (χ0n) is 22.5. The predicted molar refractivity (Wildman–Crippen MR) is 154 cm³/mol. The lowest BCUT2D eigenvalue weighted by Crippen LogP contribution is -2.33. The summed E-state index contributed by atoms with van der Waals surface area (Å²) in [6.07, 6.45) is 8.39. The van der Waals surface area contributed by atoms with Crippen LogP contribution < -0.4 is 11.1 Å². The molecule has 13 nitrogen and oxygen atoms in total. The van der Waals surface area contributed by atoms with Crippen LogP contribution in [0.2, 0.25) is 0 Å². The summed E-state index contributed by atoms with van der Waals surface area (Å²) in [6, 6.07) is 7.84. The second-order valence-electron chi connectivity index (χ2n) is 10.0. The number of rotatable bonds is 7. The maximum atomic E-state index is 12.8. The summed E-state index contributed by atoms with van der Waals surface area (Å²) in [6.45, 7) is 3.24. The Balaban J connectivity index is 1.36. The molecule has 0 fully saturated rings. The van der Waals surface area contributed by atoms with Crippen molar-refractivity contribution >= 4 is 49.4 Å². The molecule has 1 amide bonds. The molecule has 0 bridgehead atoms. The summed E-state index contributed by atoms with van der Waals surface area (Å²) >= 11 is 0. The van der Waals surface area contributed by atoms with Crippen LogP contribution in [0.4, 0.5) is 5.82 Å². The Morgan fingerprint density at radius 3 is 2.80 bits per heavy atom. The zero-order valence-corrected chi connectivity index (χ0v) is 23.3. The number of carbonyl (C=O) groups excluding carboxylic acids is 1. The second-order valence-corrected chi connectivity index (χ2v) is 12.0. The first-order valence-electron chi connectivity index (χ1n) is 12.9. The SMILES string of the molecule is Cc1nnccc1C(=O)NCc1cc2cc(C3=CCN(S(C)(=O)=O)CC3)cc(Cn3cnc4c(N)ncnc43)c2[nH]1. The van der Waals surface area contributed by atoms with Crippen molar-refractivity contribution in [1.82, 2.24) is 44.3 Å². The molecule has 4 N–H and O–H groups in total. The Labute approximate surface area is 235 Å². The number of hydrogen-bond donors (Lipinski definition) is 3. The smallest absolute Gasteiger partial charge is 0.253 e. The molecule has 0 radical (unpaired) electrons. The highest BCUT2D eigenvalue weighted by molar-refractivity contribution is 7.88. The molecule has 4 aromatic heterocycles. The number of nitrogens with two attached hydrogens (primary N) is 1. The van der Waals surface area contributed by atoms with E-state index in [9.17, 15) is 13.2 Å². The van der Waals surface area contributed by atoms with Crippen LogP contribution in [0, 0.1) is 6.92 Å². The van der Waals surface area contributed by atoms with Crippen LogP contribution in [-0.2, 0) is 23.1 Å². The highest BCUT2D eigenvalue weighted by Crippen LogP contribution is 2.30. The highest BCUT2D eigenvalue weighted by atomic mass is 32.2. The monoisotopic (exact) mass is 572 g/mol. The number of anilines is 1. The van der Waals surface area contributed by atoms with Crippen molar-refractivity contribution in [3.8, 4) is 0 Å². The van der Waals surface area contributed by atoms with Gasteiger partial charge in [0.1, 0.15) is 11.8 Å². The van der Waals surface area contributed by atoms with E-state index in [1.807, 2.05) is 16.7 Å². The first-order valence-corrected chi connectivity index (χ1v) is 14.8. The summed E-state index contributed by atoms with van der Waals surface area (Å²) in [4.78, 5) is 29.0. The maximum absolute atomic E-state index is 12.8. The molecule has 1 aliphatic heterocycles. The van der Waals surface area contributed by atoms with Crippen LogP contribution in [0.1, 0.15) is 39.3 Å². The Kier molecular flexibility index (Phi) is 6.71. The normalized spacial score (nSPS) is 14.4. The molecular formula is C27H28N10O3S. The number of H-pyrrole nitrogens is 1. The molecule has 14 heteroatoms. The van der Waals surface area contributed by atoms with E-state index >= 15 is 0 Å². The molecule has 0 saturated carbocycles. The average molecular weight is 573 g/mol. The second kappa shape index (κ2) is 10.4. The molecule has 41 heavy (non-hydrogen) atoms. The van der Waals surface area contributed by atoms with Crippen LogP contribution in [-0.4, -0.2) is 72.7 Å². The summed E-state index contributed by atoms with van der Waals surface area (Å²) < 4.78 is 27.4. The lowest BCUT2D eigenvalue weighted by Gasteiger charge is -2.24. The van der Waals surface area contributed by atoms with Gasteiger partial charge < -0.3 is 20.6 Å². The van der Waals surface area contributed by atoms with Crippen LogP contribution >= 0.6 is 0 Å². The number of sulfonamides is 1. The fourth-order valence-electron chi connectivity index (χ4n) is 5.11. The van der Waals surface area contributed by atoms with Gasteiger partial charge in [-0.2, -0.15) is 14.5 Å². The zero-order chi connectivity index (χ0) is 28.7. The highest BCUT2D eigenvalue weighted by Gasteiger charge is 2.21. The van der Waals surface area contributed by atoms with Gasteiger partial charge >= 0.3 is 0 Å². The molecular weight excluding hydrogens is 544 g/mol. The number of nitrogen functional groups attached to an aromatic ring is 1. The van der Waals surface area contributed by atoms with Crippen molar-refractivity contribution in [2.45, 2.75) is 26.4 Å². The van der Waals surface area contributed by atoms with Gasteiger partial charge in [-0.3, -0.25) is 4.79 Å². The van der Waals surface area contributed by atoms with E-state index in [0.717, 1.165) is 33.3 Å². The third-order valence-electron chi connectivity index (χ3n) is 7.24. The van der Waals surface area contributed by atoms with Crippen molar-refractivity contribution in [3.63, 3.8) is 0 Å². The van der Waals surface area contributed by atoms with Gasteiger partial charge in [0.2, 0.25) is 10.0 Å². The summed E-state index contributed by atoms with van der Waals surface area (Å²) in [5, 5.41) is 11.7. The summed E-state index contributed by atoms with van der Waals surface area (Å²) in [5.74, 6) is 0.0786. The quantitative estimate of drug-likeness (QED) is 0.263. The Bertz CT molecular complexity index is 1940. The van der Waals surface area contributed by atoms with E-state index in [0.29, 0.717) is 54.3 Å². The maximum Gasteiger partial charge on any atom is 0.253 e. The first kappa shape index (κ1) is 26.5. The third-order valence-corrected chi connectivity index (χ3v) is 8.51. The van der Waals surface area contributed by atoms with Crippen LogP contribution in [0.5, 0.6) is 0 Å².